The number of carbonyl (C=O) groups excluding carboxylic acids is 1. The second kappa shape index (κ2) is 9.73. The molecule has 29 heavy (non-hydrogen) atoms. The molecule has 3 aromatic rings. The second-order valence-corrected chi connectivity index (χ2v) is 7.90. The van der Waals surface area contributed by atoms with Gasteiger partial charge in [0.2, 0.25) is 5.91 Å². The summed E-state index contributed by atoms with van der Waals surface area (Å²) < 4.78 is 7.09. The summed E-state index contributed by atoms with van der Waals surface area (Å²) in [6.07, 6.45) is 0.175. The number of aryl methyl sites for hydroxylation is 1. The summed E-state index contributed by atoms with van der Waals surface area (Å²) in [5.41, 5.74) is 2.20. The molecule has 0 bridgehead atoms. The van der Waals surface area contributed by atoms with Gasteiger partial charge in [0.1, 0.15) is 16.8 Å². The maximum atomic E-state index is 12.3. The van der Waals surface area contributed by atoms with E-state index in [0.717, 1.165) is 28.0 Å². The van der Waals surface area contributed by atoms with Gasteiger partial charge in [-0.25, -0.2) is 0 Å². The van der Waals surface area contributed by atoms with Crippen molar-refractivity contribution in [1.82, 2.24) is 9.78 Å². The number of ether oxygens (including phenoxy) is 1. The van der Waals surface area contributed by atoms with Gasteiger partial charge in [0.25, 0.3) is 5.88 Å². The van der Waals surface area contributed by atoms with Crippen LogP contribution in [0.4, 0.5) is 5.69 Å². The van der Waals surface area contributed by atoms with Gasteiger partial charge in [-0.05, 0) is 35.7 Å². The molecule has 2 aromatic carbocycles. The van der Waals surface area contributed by atoms with Crippen molar-refractivity contribution in [2.24, 2.45) is 12.2 Å². The third-order valence-corrected chi connectivity index (χ3v) is 5.92. The molecule has 0 atom stereocenters. The standard InChI is InChI=1S/C19H17Cl3N4O2S/c1-26-18(22)17(21)19(25-26)28-10-12-6-7-13(9-15(12)29-23)24-16(27)8-11-4-2-3-5-14(11)20/h2-7,9H,8,10,23H2,1H3,(H,24,27). The first-order chi connectivity index (χ1) is 13.9. The van der Waals surface area contributed by atoms with E-state index in [9.17, 15) is 4.79 Å². The maximum Gasteiger partial charge on any atom is 0.253 e. The first kappa shape index (κ1) is 21.8. The van der Waals surface area contributed by atoms with Gasteiger partial charge in [-0.15, -0.1) is 5.10 Å². The van der Waals surface area contributed by atoms with Crippen LogP contribution in [0.2, 0.25) is 15.2 Å². The highest BCUT2D eigenvalue weighted by atomic mass is 35.5. The highest BCUT2D eigenvalue weighted by Gasteiger charge is 2.15. The Bertz CT molecular complexity index is 1040. The Morgan fingerprint density at radius 1 is 1.21 bits per heavy atom. The quantitative estimate of drug-likeness (QED) is 0.468. The third kappa shape index (κ3) is 5.38. The van der Waals surface area contributed by atoms with Gasteiger partial charge in [0.15, 0.2) is 0 Å². The van der Waals surface area contributed by atoms with Crippen molar-refractivity contribution >= 4 is 58.3 Å². The fourth-order valence-electron chi connectivity index (χ4n) is 2.57. The zero-order valence-corrected chi connectivity index (χ0v) is 18.4. The van der Waals surface area contributed by atoms with Crippen LogP contribution in [0, 0.1) is 0 Å². The van der Waals surface area contributed by atoms with Crippen molar-refractivity contribution in [3.63, 3.8) is 0 Å². The van der Waals surface area contributed by atoms with Gasteiger partial charge < -0.3 is 10.1 Å². The Morgan fingerprint density at radius 2 is 1.97 bits per heavy atom. The van der Waals surface area contributed by atoms with Crippen LogP contribution in [0.5, 0.6) is 5.88 Å². The number of amides is 1. The zero-order chi connectivity index (χ0) is 21.0. The van der Waals surface area contributed by atoms with Crippen LogP contribution >= 0.6 is 46.8 Å². The molecule has 0 radical (unpaired) electrons. The van der Waals surface area contributed by atoms with Gasteiger partial charge in [0, 0.05) is 28.2 Å². The Labute approximate surface area is 187 Å². The molecule has 0 unspecified atom stereocenters. The van der Waals surface area contributed by atoms with Crippen LogP contribution in [0.1, 0.15) is 11.1 Å². The summed E-state index contributed by atoms with van der Waals surface area (Å²) in [4.78, 5) is 13.1. The van der Waals surface area contributed by atoms with Crippen molar-refractivity contribution in [1.29, 1.82) is 0 Å². The summed E-state index contributed by atoms with van der Waals surface area (Å²) in [6, 6.07) is 12.6. The molecule has 0 aliphatic rings. The lowest BCUT2D eigenvalue weighted by Gasteiger charge is -2.12. The number of nitrogens with one attached hydrogen (secondary N) is 1. The van der Waals surface area contributed by atoms with Crippen molar-refractivity contribution in [3.8, 4) is 5.88 Å². The Hall–Kier alpha value is -1.90. The van der Waals surface area contributed by atoms with E-state index < -0.39 is 0 Å². The molecule has 152 valence electrons. The number of carbonyl (C=O) groups is 1. The average Bonchev–Trinajstić information content (AvgIpc) is 2.95. The van der Waals surface area contributed by atoms with Gasteiger partial charge >= 0.3 is 0 Å². The minimum absolute atomic E-state index is 0.175. The molecule has 0 spiro atoms. The molecule has 6 nitrogen and oxygen atoms in total. The Kier molecular flexibility index (Phi) is 7.32. The summed E-state index contributed by atoms with van der Waals surface area (Å²) in [7, 11) is 1.67. The number of nitrogens with two attached hydrogens (primary N) is 1. The van der Waals surface area contributed by atoms with E-state index in [1.807, 2.05) is 24.3 Å². The molecule has 0 aliphatic heterocycles. The lowest BCUT2D eigenvalue weighted by Crippen LogP contribution is -2.15. The number of aromatic nitrogens is 2. The van der Waals surface area contributed by atoms with Crippen LogP contribution in [-0.2, 0) is 24.9 Å². The van der Waals surface area contributed by atoms with Crippen molar-refractivity contribution in [2.45, 2.75) is 17.9 Å². The molecule has 0 saturated carbocycles. The smallest absolute Gasteiger partial charge is 0.253 e. The largest absolute Gasteiger partial charge is 0.471 e. The predicted molar refractivity (Wildman–Crippen MR) is 118 cm³/mol. The van der Waals surface area contributed by atoms with Gasteiger partial charge in [0.05, 0.1) is 6.42 Å². The number of halogens is 3. The summed E-state index contributed by atoms with van der Waals surface area (Å²) in [6.45, 7) is 0.195. The normalized spacial score (nSPS) is 10.8. The summed E-state index contributed by atoms with van der Waals surface area (Å²) in [5.74, 6) is 0.0641. The van der Waals surface area contributed by atoms with Gasteiger partial charge in [-0.1, -0.05) is 59.1 Å². The molecule has 0 aliphatic carbocycles. The fourth-order valence-corrected chi connectivity index (χ4v) is 3.58. The second-order valence-electron chi connectivity index (χ2n) is 6.08. The molecular weight excluding hydrogens is 455 g/mol. The van der Waals surface area contributed by atoms with Crippen LogP contribution in [0.3, 0.4) is 0 Å². The van der Waals surface area contributed by atoms with Crippen LogP contribution in [0.25, 0.3) is 0 Å². The number of hydrogen-bond acceptors (Lipinski definition) is 5. The zero-order valence-electron chi connectivity index (χ0n) is 15.3. The first-order valence-electron chi connectivity index (χ1n) is 8.42. The summed E-state index contributed by atoms with van der Waals surface area (Å²) >= 11 is 19.2. The fraction of sp³-hybridized carbons (Fsp3) is 0.158. The minimum atomic E-state index is -0.176. The van der Waals surface area contributed by atoms with Crippen molar-refractivity contribution < 1.29 is 9.53 Å². The molecule has 1 amide bonds. The van der Waals surface area contributed by atoms with Crippen LogP contribution in [0.15, 0.2) is 47.4 Å². The van der Waals surface area contributed by atoms with E-state index in [4.69, 9.17) is 44.7 Å². The van der Waals surface area contributed by atoms with Crippen LogP contribution < -0.4 is 15.2 Å². The molecule has 0 fully saturated rings. The maximum absolute atomic E-state index is 12.3. The van der Waals surface area contributed by atoms with E-state index in [1.54, 1.807) is 25.2 Å². The average molecular weight is 472 g/mol. The lowest BCUT2D eigenvalue weighted by molar-refractivity contribution is -0.115. The predicted octanol–water partition coefficient (Wildman–Crippen LogP) is 5.11. The molecule has 1 aromatic heterocycles. The van der Waals surface area contributed by atoms with E-state index in [-0.39, 0.29) is 29.8 Å². The molecule has 3 rings (SSSR count). The first-order valence-corrected chi connectivity index (χ1v) is 10.4. The Balaban J connectivity index is 1.67. The number of rotatable bonds is 7. The topological polar surface area (TPSA) is 82.2 Å². The van der Waals surface area contributed by atoms with E-state index in [1.165, 1.54) is 4.68 Å². The number of anilines is 1. The molecule has 0 saturated heterocycles. The van der Waals surface area contributed by atoms with E-state index in [2.05, 4.69) is 10.4 Å². The number of benzene rings is 2. The lowest BCUT2D eigenvalue weighted by atomic mass is 10.1. The highest BCUT2D eigenvalue weighted by Crippen LogP contribution is 2.32. The Morgan fingerprint density at radius 3 is 2.62 bits per heavy atom. The van der Waals surface area contributed by atoms with E-state index in [0.29, 0.717) is 15.9 Å². The molecule has 10 heteroatoms. The molecular formula is C19H17Cl3N4O2S. The van der Waals surface area contributed by atoms with Crippen molar-refractivity contribution in [2.75, 3.05) is 5.32 Å². The highest BCUT2D eigenvalue weighted by molar-refractivity contribution is 7.97. The number of hydrogen-bond donors (Lipinski definition) is 2. The van der Waals surface area contributed by atoms with Gasteiger partial charge in [-0.3, -0.25) is 14.6 Å². The SMILES string of the molecule is Cn1nc(OCc2ccc(NC(=O)Cc3ccccc3Cl)cc2SN)c(Cl)c1Cl. The van der Waals surface area contributed by atoms with Gasteiger partial charge in [-0.2, -0.15) is 0 Å². The molecule has 1 heterocycles. The third-order valence-electron chi connectivity index (χ3n) is 4.04. The molecule has 3 N–H and O–H groups in total. The number of nitrogens with zero attached hydrogens (tertiary/aromatic N) is 2. The van der Waals surface area contributed by atoms with E-state index >= 15 is 0 Å². The monoisotopic (exact) mass is 470 g/mol. The van der Waals surface area contributed by atoms with Crippen LogP contribution in [-0.4, -0.2) is 15.7 Å². The minimum Gasteiger partial charge on any atom is -0.471 e. The summed E-state index contributed by atoms with van der Waals surface area (Å²) in [5, 5.41) is 13.9. The van der Waals surface area contributed by atoms with Crippen molar-refractivity contribution in [3.05, 3.63) is 68.8 Å².